The summed E-state index contributed by atoms with van der Waals surface area (Å²) in [7, 11) is 1.36. The maximum Gasteiger partial charge on any atom is 0.319 e. The van der Waals surface area contributed by atoms with E-state index in [1.165, 1.54) is 24.5 Å². The second-order valence-corrected chi connectivity index (χ2v) is 5.30. The molecule has 0 aromatic carbocycles. The minimum atomic E-state index is -0.295. The van der Waals surface area contributed by atoms with Gasteiger partial charge < -0.3 is 4.74 Å². The van der Waals surface area contributed by atoms with E-state index in [1.54, 1.807) is 4.40 Å². The maximum atomic E-state index is 12.0. The number of aryl methyl sites for hydroxylation is 1. The molecule has 2 aromatic heterocycles. The summed E-state index contributed by atoms with van der Waals surface area (Å²) in [5.41, 5.74) is 1.47. The molecule has 0 saturated heterocycles. The highest BCUT2D eigenvalue weighted by molar-refractivity contribution is 7.15. The zero-order valence-electron chi connectivity index (χ0n) is 11.8. The summed E-state index contributed by atoms with van der Waals surface area (Å²) in [5.74, 6) is -0.295. The minimum Gasteiger partial charge on any atom is -0.468 e. The van der Waals surface area contributed by atoms with Crippen molar-refractivity contribution in [2.75, 3.05) is 20.2 Å². The highest BCUT2D eigenvalue weighted by atomic mass is 32.1. The predicted molar refractivity (Wildman–Crippen MR) is 77.0 cm³/mol. The molecule has 0 aliphatic rings. The largest absolute Gasteiger partial charge is 0.468 e. The van der Waals surface area contributed by atoms with Gasteiger partial charge in [-0.25, -0.2) is 4.98 Å². The molecule has 0 unspecified atom stereocenters. The highest BCUT2D eigenvalue weighted by Gasteiger charge is 2.12. The SMILES string of the molecule is CCN(CC(=O)OC)Cc1cc(=O)n2c(C)csc2n1. The van der Waals surface area contributed by atoms with Gasteiger partial charge in [-0.2, -0.15) is 0 Å². The minimum absolute atomic E-state index is 0.0853. The zero-order valence-corrected chi connectivity index (χ0v) is 12.6. The summed E-state index contributed by atoms with van der Waals surface area (Å²) in [6.45, 7) is 5.15. The number of rotatable bonds is 5. The molecule has 6 nitrogen and oxygen atoms in total. The summed E-state index contributed by atoms with van der Waals surface area (Å²) in [6.07, 6.45) is 0. The molecule has 0 aliphatic heterocycles. The van der Waals surface area contributed by atoms with E-state index in [0.717, 1.165) is 5.69 Å². The van der Waals surface area contributed by atoms with Gasteiger partial charge in [-0.3, -0.25) is 18.9 Å². The van der Waals surface area contributed by atoms with Crippen molar-refractivity contribution < 1.29 is 9.53 Å². The molecule has 0 spiro atoms. The number of methoxy groups -OCH3 is 1. The number of thiazole rings is 1. The Balaban J connectivity index is 2.24. The van der Waals surface area contributed by atoms with Crippen LogP contribution in [-0.2, 0) is 16.1 Å². The molecular formula is C13H17N3O3S. The molecule has 0 saturated carbocycles. The monoisotopic (exact) mass is 295 g/mol. The maximum absolute atomic E-state index is 12.0. The van der Waals surface area contributed by atoms with E-state index < -0.39 is 0 Å². The smallest absolute Gasteiger partial charge is 0.319 e. The Bertz CT molecular complexity index is 677. The first kappa shape index (κ1) is 14.7. The van der Waals surface area contributed by atoms with Crippen molar-refractivity contribution in [3.8, 4) is 0 Å². The number of ether oxygens (including phenoxy) is 1. The molecule has 20 heavy (non-hydrogen) atoms. The molecule has 108 valence electrons. The van der Waals surface area contributed by atoms with Gasteiger partial charge >= 0.3 is 5.97 Å². The van der Waals surface area contributed by atoms with E-state index >= 15 is 0 Å². The number of hydrogen-bond acceptors (Lipinski definition) is 6. The van der Waals surface area contributed by atoms with Crippen molar-refractivity contribution in [1.29, 1.82) is 0 Å². The van der Waals surface area contributed by atoms with E-state index in [0.29, 0.717) is 23.7 Å². The lowest BCUT2D eigenvalue weighted by molar-refractivity contribution is -0.142. The molecule has 0 radical (unpaired) electrons. The third-order valence-electron chi connectivity index (χ3n) is 3.04. The molecule has 2 heterocycles. The van der Waals surface area contributed by atoms with Crippen LogP contribution in [0.4, 0.5) is 0 Å². The second-order valence-electron chi connectivity index (χ2n) is 4.46. The number of nitrogens with zero attached hydrogens (tertiary/aromatic N) is 3. The van der Waals surface area contributed by atoms with E-state index in [-0.39, 0.29) is 18.1 Å². The van der Waals surface area contributed by atoms with Gasteiger partial charge in [0.25, 0.3) is 5.56 Å². The average molecular weight is 295 g/mol. The van der Waals surface area contributed by atoms with Crippen LogP contribution in [0, 0.1) is 6.92 Å². The Morgan fingerprint density at radius 3 is 2.95 bits per heavy atom. The van der Waals surface area contributed by atoms with Crippen molar-refractivity contribution in [2.45, 2.75) is 20.4 Å². The number of fused-ring (bicyclic) bond motifs is 1. The lowest BCUT2D eigenvalue weighted by Crippen LogP contribution is -2.31. The molecular weight excluding hydrogens is 278 g/mol. The lowest BCUT2D eigenvalue weighted by atomic mass is 10.3. The molecule has 0 N–H and O–H groups in total. The molecule has 2 rings (SSSR count). The highest BCUT2D eigenvalue weighted by Crippen LogP contribution is 2.12. The number of hydrogen-bond donors (Lipinski definition) is 0. The van der Waals surface area contributed by atoms with Crippen LogP contribution in [0.2, 0.25) is 0 Å². The van der Waals surface area contributed by atoms with E-state index in [2.05, 4.69) is 9.72 Å². The van der Waals surface area contributed by atoms with Crippen LogP contribution in [0.15, 0.2) is 16.2 Å². The first-order chi connectivity index (χ1) is 9.55. The van der Waals surface area contributed by atoms with Crippen molar-refractivity contribution in [3.63, 3.8) is 0 Å². The molecule has 0 bridgehead atoms. The van der Waals surface area contributed by atoms with Gasteiger partial charge in [0.15, 0.2) is 4.96 Å². The van der Waals surface area contributed by atoms with Gasteiger partial charge in [0.2, 0.25) is 0 Å². The quantitative estimate of drug-likeness (QED) is 0.772. The third-order valence-corrected chi connectivity index (χ3v) is 3.99. The number of likely N-dealkylation sites (N-methyl/N-ethyl adjacent to an activating group) is 1. The standard InChI is InChI=1S/C13H17N3O3S/c1-4-15(7-12(18)19-3)6-10-5-11(17)16-9(2)8-20-13(16)14-10/h5,8H,4,6-7H2,1-3H3. The third kappa shape index (κ3) is 3.05. The molecule has 0 amide bonds. The Labute approximate surface area is 120 Å². The van der Waals surface area contributed by atoms with Crippen LogP contribution in [0.25, 0.3) is 4.96 Å². The Morgan fingerprint density at radius 2 is 2.30 bits per heavy atom. The normalized spacial score (nSPS) is 11.2. The number of aromatic nitrogens is 2. The average Bonchev–Trinajstić information content (AvgIpc) is 2.79. The molecule has 2 aromatic rings. The fourth-order valence-electron chi connectivity index (χ4n) is 1.94. The summed E-state index contributed by atoms with van der Waals surface area (Å²) in [4.78, 5) is 30.4. The first-order valence-corrected chi connectivity index (χ1v) is 7.19. The molecule has 0 fully saturated rings. The summed E-state index contributed by atoms with van der Waals surface area (Å²) in [6, 6.07) is 1.52. The van der Waals surface area contributed by atoms with E-state index in [9.17, 15) is 9.59 Å². The van der Waals surface area contributed by atoms with Crippen LogP contribution in [0.5, 0.6) is 0 Å². The second kappa shape index (κ2) is 6.15. The van der Waals surface area contributed by atoms with E-state index in [1.807, 2.05) is 24.1 Å². The molecule has 0 atom stereocenters. The molecule has 0 aliphatic carbocycles. The van der Waals surface area contributed by atoms with Gasteiger partial charge in [-0.15, -0.1) is 11.3 Å². The summed E-state index contributed by atoms with van der Waals surface area (Å²) in [5, 5.41) is 1.90. The van der Waals surface area contributed by atoms with Crippen LogP contribution in [0.1, 0.15) is 18.3 Å². The fourth-order valence-corrected chi connectivity index (χ4v) is 2.83. The Morgan fingerprint density at radius 1 is 1.55 bits per heavy atom. The zero-order chi connectivity index (χ0) is 14.7. The van der Waals surface area contributed by atoms with Crippen molar-refractivity contribution in [1.82, 2.24) is 14.3 Å². The number of carbonyl (C=O) groups is 1. The van der Waals surface area contributed by atoms with Crippen molar-refractivity contribution >= 4 is 22.3 Å². The Hall–Kier alpha value is -1.73. The van der Waals surface area contributed by atoms with Gasteiger partial charge in [0, 0.05) is 23.7 Å². The van der Waals surface area contributed by atoms with Crippen LogP contribution >= 0.6 is 11.3 Å². The number of esters is 1. The topological polar surface area (TPSA) is 63.9 Å². The summed E-state index contributed by atoms with van der Waals surface area (Å²) < 4.78 is 6.24. The number of carbonyl (C=O) groups excluding carboxylic acids is 1. The molecule has 7 heteroatoms. The fraction of sp³-hybridized carbons (Fsp3) is 0.462. The van der Waals surface area contributed by atoms with Gasteiger partial charge in [-0.1, -0.05) is 6.92 Å². The van der Waals surface area contributed by atoms with Gasteiger partial charge in [0.1, 0.15) is 0 Å². The van der Waals surface area contributed by atoms with Crippen molar-refractivity contribution in [3.05, 3.63) is 33.2 Å². The van der Waals surface area contributed by atoms with Gasteiger partial charge in [0.05, 0.1) is 19.3 Å². The van der Waals surface area contributed by atoms with Crippen molar-refractivity contribution in [2.24, 2.45) is 0 Å². The van der Waals surface area contributed by atoms with Gasteiger partial charge in [-0.05, 0) is 13.5 Å². The summed E-state index contributed by atoms with van der Waals surface area (Å²) >= 11 is 1.44. The van der Waals surface area contributed by atoms with Crippen LogP contribution in [-0.4, -0.2) is 40.5 Å². The predicted octanol–water partition coefficient (Wildman–Crippen LogP) is 1.06. The van der Waals surface area contributed by atoms with E-state index in [4.69, 9.17) is 0 Å². The first-order valence-electron chi connectivity index (χ1n) is 6.31. The Kier molecular flexibility index (Phi) is 4.51. The lowest BCUT2D eigenvalue weighted by Gasteiger charge is -2.18. The van der Waals surface area contributed by atoms with Crippen LogP contribution in [0.3, 0.4) is 0 Å². The van der Waals surface area contributed by atoms with Crippen LogP contribution < -0.4 is 5.56 Å².